The molecule has 1 amide bonds. The molecule has 1 rings (SSSR count). The van der Waals surface area contributed by atoms with Crippen LogP contribution in [-0.4, -0.2) is 36.2 Å². The monoisotopic (exact) mass is 309 g/mol. The smallest absolute Gasteiger partial charge is 0.303 e. The van der Waals surface area contributed by atoms with E-state index in [0.717, 1.165) is 0 Å². The Balaban J connectivity index is 2.76. The van der Waals surface area contributed by atoms with Gasteiger partial charge in [-0.25, -0.2) is 0 Å². The van der Waals surface area contributed by atoms with Crippen LogP contribution in [0.15, 0.2) is 18.2 Å². The number of rotatable bonds is 9. The van der Waals surface area contributed by atoms with E-state index in [2.05, 4.69) is 5.32 Å². The maximum atomic E-state index is 12.2. The molecule has 6 nitrogen and oxygen atoms in total. The molecule has 2 N–H and O–H groups in total. The fraction of sp³-hybridized carbons (Fsp3) is 0.500. The maximum absolute atomic E-state index is 12.2. The Morgan fingerprint density at radius 2 is 1.82 bits per heavy atom. The van der Waals surface area contributed by atoms with Crippen LogP contribution in [0.2, 0.25) is 0 Å². The van der Waals surface area contributed by atoms with Gasteiger partial charge in [0.25, 0.3) is 5.91 Å². The van der Waals surface area contributed by atoms with Crippen LogP contribution >= 0.6 is 0 Å². The topological polar surface area (TPSA) is 84.9 Å². The SMILES string of the molecule is CCOc1ccc(C(=O)NC(C)CCC(=O)O)cc1OCC. The highest BCUT2D eigenvalue weighted by atomic mass is 16.5. The molecule has 0 saturated carbocycles. The lowest BCUT2D eigenvalue weighted by atomic mass is 10.1. The Kier molecular flexibility index (Phi) is 7.22. The molecule has 0 heterocycles. The van der Waals surface area contributed by atoms with Gasteiger partial charge in [-0.2, -0.15) is 0 Å². The van der Waals surface area contributed by atoms with E-state index in [1.807, 2.05) is 13.8 Å². The standard InChI is InChI=1S/C16H23NO5/c1-4-21-13-8-7-12(10-14(13)22-5-2)16(20)17-11(3)6-9-15(18)19/h7-8,10-11H,4-6,9H2,1-3H3,(H,17,20)(H,18,19). The van der Waals surface area contributed by atoms with Crippen molar-refractivity contribution < 1.29 is 24.2 Å². The molecule has 0 fully saturated rings. The minimum atomic E-state index is -0.874. The molecule has 1 atom stereocenters. The zero-order valence-corrected chi connectivity index (χ0v) is 13.2. The van der Waals surface area contributed by atoms with Gasteiger partial charge in [0.2, 0.25) is 0 Å². The van der Waals surface area contributed by atoms with Crippen LogP contribution < -0.4 is 14.8 Å². The van der Waals surface area contributed by atoms with E-state index in [1.54, 1.807) is 25.1 Å². The van der Waals surface area contributed by atoms with Crippen molar-refractivity contribution >= 4 is 11.9 Å². The maximum Gasteiger partial charge on any atom is 0.303 e. The zero-order chi connectivity index (χ0) is 16.5. The van der Waals surface area contributed by atoms with Gasteiger partial charge in [0, 0.05) is 18.0 Å². The van der Waals surface area contributed by atoms with Crippen molar-refractivity contribution in [1.82, 2.24) is 5.32 Å². The number of carbonyl (C=O) groups is 2. The molecular formula is C16H23NO5. The minimum absolute atomic E-state index is 0.0227. The molecule has 1 aromatic rings. The molecule has 1 aromatic carbocycles. The summed E-state index contributed by atoms with van der Waals surface area (Å²) in [5, 5.41) is 11.4. The summed E-state index contributed by atoms with van der Waals surface area (Å²) in [6.07, 6.45) is 0.408. The van der Waals surface area contributed by atoms with Crippen molar-refractivity contribution in [2.24, 2.45) is 0 Å². The van der Waals surface area contributed by atoms with Crippen LogP contribution in [0.4, 0.5) is 0 Å². The number of hydrogen-bond donors (Lipinski definition) is 2. The second-order valence-electron chi connectivity index (χ2n) is 4.83. The first-order valence-electron chi connectivity index (χ1n) is 7.40. The van der Waals surface area contributed by atoms with Crippen LogP contribution in [-0.2, 0) is 4.79 Å². The highest BCUT2D eigenvalue weighted by Crippen LogP contribution is 2.28. The molecule has 0 aliphatic carbocycles. The Bertz CT molecular complexity index is 515. The first-order valence-corrected chi connectivity index (χ1v) is 7.40. The first kappa shape index (κ1) is 17.8. The van der Waals surface area contributed by atoms with Crippen LogP contribution in [0.1, 0.15) is 44.0 Å². The average molecular weight is 309 g/mol. The van der Waals surface area contributed by atoms with Crippen molar-refractivity contribution in [3.8, 4) is 11.5 Å². The van der Waals surface area contributed by atoms with Crippen molar-refractivity contribution in [3.05, 3.63) is 23.8 Å². The highest BCUT2D eigenvalue weighted by Gasteiger charge is 2.14. The van der Waals surface area contributed by atoms with Gasteiger partial charge in [-0.15, -0.1) is 0 Å². The van der Waals surface area contributed by atoms with Gasteiger partial charge >= 0.3 is 5.97 Å². The summed E-state index contributed by atoms with van der Waals surface area (Å²) in [4.78, 5) is 22.7. The van der Waals surface area contributed by atoms with E-state index in [1.165, 1.54) is 0 Å². The summed E-state index contributed by atoms with van der Waals surface area (Å²) >= 11 is 0. The second-order valence-corrected chi connectivity index (χ2v) is 4.83. The Hall–Kier alpha value is -2.24. The van der Waals surface area contributed by atoms with Crippen LogP contribution in [0.25, 0.3) is 0 Å². The number of carboxylic acids is 1. The van der Waals surface area contributed by atoms with Gasteiger partial charge in [-0.3, -0.25) is 9.59 Å². The predicted octanol–water partition coefficient (Wildman–Crippen LogP) is 2.47. The van der Waals surface area contributed by atoms with E-state index in [9.17, 15) is 9.59 Å². The Morgan fingerprint density at radius 1 is 1.18 bits per heavy atom. The molecule has 6 heteroatoms. The van der Waals surface area contributed by atoms with Crippen molar-refractivity contribution in [2.75, 3.05) is 13.2 Å². The highest BCUT2D eigenvalue weighted by molar-refractivity contribution is 5.95. The Labute approximate surface area is 130 Å². The van der Waals surface area contributed by atoms with Gasteiger partial charge in [-0.05, 0) is 45.4 Å². The third-order valence-corrected chi connectivity index (χ3v) is 2.97. The number of aliphatic carboxylic acids is 1. The fourth-order valence-electron chi connectivity index (χ4n) is 1.91. The summed E-state index contributed by atoms with van der Waals surface area (Å²) < 4.78 is 10.9. The van der Waals surface area contributed by atoms with Gasteiger partial charge < -0.3 is 19.9 Å². The van der Waals surface area contributed by atoms with Crippen molar-refractivity contribution in [2.45, 2.75) is 39.7 Å². The average Bonchev–Trinajstić information content (AvgIpc) is 2.47. The van der Waals surface area contributed by atoms with E-state index < -0.39 is 5.97 Å². The lowest BCUT2D eigenvalue weighted by Crippen LogP contribution is -2.32. The van der Waals surface area contributed by atoms with Crippen LogP contribution in [0.3, 0.4) is 0 Å². The molecular weight excluding hydrogens is 286 g/mol. The van der Waals surface area contributed by atoms with Gasteiger partial charge in [-0.1, -0.05) is 0 Å². The molecule has 122 valence electrons. The van der Waals surface area contributed by atoms with E-state index in [0.29, 0.717) is 36.7 Å². The normalized spacial score (nSPS) is 11.6. The van der Waals surface area contributed by atoms with Gasteiger partial charge in [0.1, 0.15) is 0 Å². The predicted molar refractivity (Wildman–Crippen MR) is 82.6 cm³/mol. The van der Waals surface area contributed by atoms with Crippen molar-refractivity contribution in [1.29, 1.82) is 0 Å². The lowest BCUT2D eigenvalue weighted by molar-refractivity contribution is -0.137. The number of nitrogens with one attached hydrogen (secondary N) is 1. The molecule has 0 aromatic heterocycles. The number of amides is 1. The molecule has 0 spiro atoms. The molecule has 0 bridgehead atoms. The number of carboxylic acid groups (broad SMARTS) is 1. The van der Waals surface area contributed by atoms with E-state index >= 15 is 0 Å². The largest absolute Gasteiger partial charge is 0.490 e. The molecule has 0 aliphatic rings. The van der Waals surface area contributed by atoms with Gasteiger partial charge in [0.15, 0.2) is 11.5 Å². The number of benzene rings is 1. The number of carbonyl (C=O) groups excluding carboxylic acids is 1. The summed E-state index contributed by atoms with van der Waals surface area (Å²) in [5.41, 5.74) is 0.453. The third kappa shape index (κ3) is 5.63. The quantitative estimate of drug-likeness (QED) is 0.732. The molecule has 22 heavy (non-hydrogen) atoms. The summed E-state index contributed by atoms with van der Waals surface area (Å²) in [6.45, 7) is 6.49. The minimum Gasteiger partial charge on any atom is -0.490 e. The van der Waals surface area contributed by atoms with E-state index in [4.69, 9.17) is 14.6 Å². The van der Waals surface area contributed by atoms with E-state index in [-0.39, 0.29) is 18.4 Å². The second kappa shape index (κ2) is 8.92. The number of hydrogen-bond acceptors (Lipinski definition) is 4. The summed E-state index contributed by atoms with van der Waals surface area (Å²) in [5.74, 6) is -0.0160. The lowest BCUT2D eigenvalue weighted by Gasteiger charge is -2.15. The summed E-state index contributed by atoms with van der Waals surface area (Å²) in [6, 6.07) is 4.77. The first-order chi connectivity index (χ1) is 10.5. The van der Waals surface area contributed by atoms with Crippen molar-refractivity contribution in [3.63, 3.8) is 0 Å². The van der Waals surface area contributed by atoms with Crippen LogP contribution in [0, 0.1) is 0 Å². The zero-order valence-electron chi connectivity index (χ0n) is 13.2. The molecule has 0 saturated heterocycles. The number of ether oxygens (including phenoxy) is 2. The van der Waals surface area contributed by atoms with Crippen LogP contribution in [0.5, 0.6) is 11.5 Å². The molecule has 0 aliphatic heterocycles. The third-order valence-electron chi connectivity index (χ3n) is 2.97. The fourth-order valence-corrected chi connectivity index (χ4v) is 1.91. The van der Waals surface area contributed by atoms with Gasteiger partial charge in [0.05, 0.1) is 13.2 Å². The molecule has 0 radical (unpaired) electrons. The molecule has 1 unspecified atom stereocenters. The Morgan fingerprint density at radius 3 is 2.41 bits per heavy atom. The summed E-state index contributed by atoms with van der Waals surface area (Å²) in [7, 11) is 0.